The second-order valence-corrected chi connectivity index (χ2v) is 4.65. The van der Waals surface area contributed by atoms with Crippen molar-refractivity contribution in [3.63, 3.8) is 0 Å². The third-order valence-corrected chi connectivity index (χ3v) is 3.50. The summed E-state index contributed by atoms with van der Waals surface area (Å²) in [6.07, 6.45) is 3.47. The Balaban J connectivity index is 1.99. The molecule has 3 heteroatoms. The average Bonchev–Trinajstić information content (AvgIpc) is 2.88. The van der Waals surface area contributed by atoms with Gasteiger partial charge < -0.3 is 10.1 Å². The Morgan fingerprint density at radius 1 is 1.40 bits per heavy atom. The maximum Gasteiger partial charge on any atom is 0.141 e. The van der Waals surface area contributed by atoms with Gasteiger partial charge in [0, 0.05) is 12.5 Å². The second kappa shape index (κ2) is 3.69. The summed E-state index contributed by atoms with van der Waals surface area (Å²) in [4.78, 5) is 0. The second-order valence-electron chi connectivity index (χ2n) is 4.24. The van der Waals surface area contributed by atoms with Crippen molar-refractivity contribution in [2.75, 3.05) is 13.2 Å². The molecule has 2 aliphatic rings. The zero-order valence-corrected chi connectivity index (χ0v) is 9.31. The first-order chi connectivity index (χ1) is 7.34. The fourth-order valence-electron chi connectivity index (χ4n) is 2.45. The highest BCUT2D eigenvalue weighted by Gasteiger charge is 2.22. The molecule has 1 unspecified atom stereocenters. The van der Waals surface area contributed by atoms with Gasteiger partial charge >= 0.3 is 0 Å². The van der Waals surface area contributed by atoms with Crippen molar-refractivity contribution in [3.05, 3.63) is 28.3 Å². The molecule has 15 heavy (non-hydrogen) atoms. The van der Waals surface area contributed by atoms with Gasteiger partial charge in [-0.1, -0.05) is 17.7 Å². The minimum absolute atomic E-state index is 0.494. The van der Waals surface area contributed by atoms with Gasteiger partial charge in [0.05, 0.1) is 11.6 Å². The summed E-state index contributed by atoms with van der Waals surface area (Å²) in [7, 11) is 0. The Kier molecular flexibility index (Phi) is 2.33. The number of hydrogen-bond acceptors (Lipinski definition) is 2. The predicted octanol–water partition coefficient (Wildman–Crippen LogP) is 2.70. The number of nitrogens with one attached hydrogen (secondary N) is 1. The standard InChI is InChI=1S/C12H14ClNO/c13-10-7-9(11-2-1-4-14-11)6-8-3-5-15-12(8)10/h6-7,11,14H,1-5H2. The number of halogens is 1. The number of hydrogen-bond donors (Lipinski definition) is 1. The number of benzene rings is 1. The molecule has 0 bridgehead atoms. The monoisotopic (exact) mass is 223 g/mol. The van der Waals surface area contributed by atoms with E-state index in [9.17, 15) is 0 Å². The van der Waals surface area contributed by atoms with Crippen molar-refractivity contribution in [2.45, 2.75) is 25.3 Å². The number of fused-ring (bicyclic) bond motifs is 1. The maximum atomic E-state index is 6.20. The maximum absolute atomic E-state index is 6.20. The van der Waals surface area contributed by atoms with Crippen LogP contribution in [0.1, 0.15) is 30.0 Å². The molecule has 2 nitrogen and oxygen atoms in total. The minimum Gasteiger partial charge on any atom is -0.491 e. The fourth-order valence-corrected chi connectivity index (χ4v) is 2.76. The molecular weight excluding hydrogens is 210 g/mol. The molecule has 2 heterocycles. The largest absolute Gasteiger partial charge is 0.491 e. The van der Waals surface area contributed by atoms with Crippen LogP contribution in [-0.2, 0) is 6.42 Å². The van der Waals surface area contributed by atoms with Crippen molar-refractivity contribution < 1.29 is 4.74 Å². The Bertz CT molecular complexity index is 385. The molecule has 1 saturated heterocycles. The van der Waals surface area contributed by atoms with E-state index in [0.29, 0.717) is 6.04 Å². The van der Waals surface area contributed by atoms with Gasteiger partial charge in [0.1, 0.15) is 5.75 Å². The highest BCUT2D eigenvalue weighted by atomic mass is 35.5. The normalized spacial score (nSPS) is 23.9. The van der Waals surface area contributed by atoms with Crippen LogP contribution in [0, 0.1) is 0 Å². The molecular formula is C12H14ClNO. The summed E-state index contributed by atoms with van der Waals surface area (Å²) in [6, 6.07) is 4.79. The molecule has 1 atom stereocenters. The first-order valence-corrected chi connectivity index (χ1v) is 5.91. The first kappa shape index (κ1) is 9.49. The van der Waals surface area contributed by atoms with E-state index in [2.05, 4.69) is 17.4 Å². The molecule has 0 aromatic heterocycles. The van der Waals surface area contributed by atoms with Gasteiger partial charge in [-0.05, 0) is 36.6 Å². The van der Waals surface area contributed by atoms with Crippen LogP contribution < -0.4 is 10.1 Å². The van der Waals surface area contributed by atoms with Crippen molar-refractivity contribution in [1.29, 1.82) is 0 Å². The summed E-state index contributed by atoms with van der Waals surface area (Å²) in [5.41, 5.74) is 2.59. The number of rotatable bonds is 1. The SMILES string of the molecule is Clc1cc(C2CCCN2)cc2c1OCC2. The molecule has 1 fully saturated rings. The smallest absolute Gasteiger partial charge is 0.141 e. The Morgan fingerprint density at radius 2 is 2.33 bits per heavy atom. The van der Waals surface area contributed by atoms with E-state index >= 15 is 0 Å². The third kappa shape index (κ3) is 1.62. The van der Waals surface area contributed by atoms with Gasteiger partial charge in [-0.2, -0.15) is 0 Å². The van der Waals surface area contributed by atoms with Crippen LogP contribution in [0.25, 0.3) is 0 Å². The highest BCUT2D eigenvalue weighted by Crippen LogP contribution is 2.37. The molecule has 80 valence electrons. The Hall–Kier alpha value is -0.730. The van der Waals surface area contributed by atoms with Gasteiger partial charge in [0.15, 0.2) is 0 Å². The summed E-state index contributed by atoms with van der Waals surface area (Å²) < 4.78 is 5.49. The lowest BCUT2D eigenvalue weighted by Gasteiger charge is -2.12. The lowest BCUT2D eigenvalue weighted by molar-refractivity contribution is 0.357. The Labute approximate surface area is 94.6 Å². The quantitative estimate of drug-likeness (QED) is 0.791. The third-order valence-electron chi connectivity index (χ3n) is 3.22. The lowest BCUT2D eigenvalue weighted by Crippen LogP contribution is -2.12. The topological polar surface area (TPSA) is 21.3 Å². The molecule has 1 aromatic rings. The van der Waals surface area contributed by atoms with Crippen LogP contribution in [0.15, 0.2) is 12.1 Å². The van der Waals surface area contributed by atoms with Crippen molar-refractivity contribution >= 4 is 11.6 Å². The minimum atomic E-state index is 0.494. The van der Waals surface area contributed by atoms with Crippen LogP contribution in [0.3, 0.4) is 0 Å². The van der Waals surface area contributed by atoms with E-state index in [-0.39, 0.29) is 0 Å². The van der Waals surface area contributed by atoms with Crippen molar-refractivity contribution in [1.82, 2.24) is 5.32 Å². The zero-order valence-electron chi connectivity index (χ0n) is 8.55. The molecule has 0 radical (unpaired) electrons. The molecule has 3 rings (SSSR count). The number of ether oxygens (including phenoxy) is 1. The van der Waals surface area contributed by atoms with E-state index < -0.39 is 0 Å². The molecule has 2 aliphatic heterocycles. The summed E-state index contributed by atoms with van der Waals surface area (Å²) in [6.45, 7) is 1.90. The van der Waals surface area contributed by atoms with Crippen LogP contribution in [0.2, 0.25) is 5.02 Å². The van der Waals surface area contributed by atoms with Gasteiger partial charge in [0.2, 0.25) is 0 Å². The lowest BCUT2D eigenvalue weighted by atomic mass is 10.0. The zero-order chi connectivity index (χ0) is 10.3. The Morgan fingerprint density at radius 3 is 3.13 bits per heavy atom. The summed E-state index contributed by atoms with van der Waals surface area (Å²) in [5.74, 6) is 0.901. The van der Waals surface area contributed by atoms with Gasteiger partial charge in [-0.15, -0.1) is 0 Å². The van der Waals surface area contributed by atoms with Gasteiger partial charge in [-0.3, -0.25) is 0 Å². The molecule has 1 aromatic carbocycles. The van der Waals surface area contributed by atoms with E-state index in [4.69, 9.17) is 16.3 Å². The van der Waals surface area contributed by atoms with E-state index in [0.717, 1.165) is 30.3 Å². The summed E-state index contributed by atoms with van der Waals surface area (Å²) >= 11 is 6.20. The average molecular weight is 224 g/mol. The van der Waals surface area contributed by atoms with Gasteiger partial charge in [0.25, 0.3) is 0 Å². The molecule has 0 saturated carbocycles. The van der Waals surface area contributed by atoms with E-state index in [1.54, 1.807) is 0 Å². The van der Waals surface area contributed by atoms with Crippen molar-refractivity contribution in [2.24, 2.45) is 0 Å². The first-order valence-electron chi connectivity index (χ1n) is 5.53. The predicted molar refractivity (Wildman–Crippen MR) is 60.6 cm³/mol. The highest BCUT2D eigenvalue weighted by molar-refractivity contribution is 6.32. The molecule has 0 aliphatic carbocycles. The van der Waals surface area contributed by atoms with E-state index in [1.165, 1.54) is 24.0 Å². The van der Waals surface area contributed by atoms with Crippen LogP contribution in [0.4, 0.5) is 0 Å². The van der Waals surface area contributed by atoms with Crippen LogP contribution in [0.5, 0.6) is 5.75 Å². The van der Waals surface area contributed by atoms with Gasteiger partial charge in [-0.25, -0.2) is 0 Å². The van der Waals surface area contributed by atoms with Crippen LogP contribution in [-0.4, -0.2) is 13.2 Å². The molecule has 1 N–H and O–H groups in total. The van der Waals surface area contributed by atoms with Crippen LogP contribution >= 0.6 is 11.6 Å². The molecule has 0 spiro atoms. The summed E-state index contributed by atoms with van der Waals surface area (Å²) in [5, 5.41) is 4.26. The molecule has 0 amide bonds. The van der Waals surface area contributed by atoms with Crippen molar-refractivity contribution in [3.8, 4) is 5.75 Å². The van der Waals surface area contributed by atoms with E-state index in [1.807, 2.05) is 0 Å². The fraction of sp³-hybridized carbons (Fsp3) is 0.500.